The zero-order chi connectivity index (χ0) is 17.1. The Morgan fingerprint density at radius 3 is 2.76 bits per heavy atom. The van der Waals surface area contributed by atoms with Gasteiger partial charge in [0.2, 0.25) is 5.91 Å². The van der Waals surface area contributed by atoms with Crippen LogP contribution in [0.2, 0.25) is 0 Å². The second kappa shape index (κ2) is 6.86. The molecule has 0 aliphatic carbocycles. The minimum Gasteiger partial charge on any atom is -0.326 e. The number of carbonyl (C=O) groups is 1. The first-order valence-electron chi connectivity index (χ1n) is 7.96. The maximum atomic E-state index is 12.1. The normalized spacial score (nSPS) is 10.9. The average molecular weight is 348 g/mol. The van der Waals surface area contributed by atoms with Crippen LogP contribution in [0.4, 0.5) is 5.69 Å². The molecule has 4 aromatic rings. The summed E-state index contributed by atoms with van der Waals surface area (Å²) in [5.41, 5.74) is 3.80. The largest absolute Gasteiger partial charge is 0.326 e. The standard InChI is InChI=1S/C19H16N4OS/c24-18(21-14-6-2-1-3-7-14)10-19-22-15(12-25-19)11-23-13-20-16-8-4-5-9-17(16)23/h1-9,12-13H,10-11H2,(H,21,24). The van der Waals surface area contributed by atoms with Crippen LogP contribution in [-0.2, 0) is 17.8 Å². The van der Waals surface area contributed by atoms with Crippen molar-refractivity contribution in [2.75, 3.05) is 5.32 Å². The van der Waals surface area contributed by atoms with E-state index in [0.717, 1.165) is 27.4 Å². The number of imidazole rings is 1. The summed E-state index contributed by atoms with van der Waals surface area (Å²) in [6.45, 7) is 0.650. The van der Waals surface area contributed by atoms with Crippen LogP contribution in [0, 0.1) is 0 Å². The second-order valence-corrected chi connectivity index (χ2v) is 6.63. The average Bonchev–Trinajstić information content (AvgIpc) is 3.23. The molecule has 2 heterocycles. The minimum absolute atomic E-state index is 0.0554. The highest BCUT2D eigenvalue weighted by Crippen LogP contribution is 2.17. The maximum absolute atomic E-state index is 12.1. The molecule has 124 valence electrons. The third-order valence-corrected chi connectivity index (χ3v) is 4.73. The molecule has 0 radical (unpaired) electrons. The SMILES string of the molecule is O=C(Cc1nc(Cn2cnc3ccccc32)cs1)Nc1ccccc1. The first kappa shape index (κ1) is 15.5. The molecular formula is C19H16N4OS. The molecule has 5 nitrogen and oxygen atoms in total. The fraction of sp³-hybridized carbons (Fsp3) is 0.105. The Bertz CT molecular complexity index is 1010. The van der Waals surface area contributed by atoms with E-state index in [2.05, 4.69) is 19.9 Å². The predicted molar refractivity (Wildman–Crippen MR) is 99.7 cm³/mol. The monoisotopic (exact) mass is 348 g/mol. The molecule has 1 amide bonds. The molecule has 0 atom stereocenters. The molecule has 2 aromatic carbocycles. The van der Waals surface area contributed by atoms with E-state index in [9.17, 15) is 4.79 Å². The van der Waals surface area contributed by atoms with Gasteiger partial charge in [0.25, 0.3) is 0 Å². The van der Waals surface area contributed by atoms with Gasteiger partial charge in [0.05, 0.1) is 36.0 Å². The van der Waals surface area contributed by atoms with Gasteiger partial charge < -0.3 is 9.88 Å². The molecule has 0 aliphatic heterocycles. The minimum atomic E-state index is -0.0554. The number of para-hydroxylation sites is 3. The highest BCUT2D eigenvalue weighted by Gasteiger charge is 2.10. The zero-order valence-electron chi connectivity index (χ0n) is 13.4. The van der Waals surface area contributed by atoms with Crippen LogP contribution in [-0.4, -0.2) is 20.4 Å². The molecule has 0 unspecified atom stereocenters. The number of benzene rings is 2. The summed E-state index contributed by atoms with van der Waals surface area (Å²) < 4.78 is 2.07. The van der Waals surface area contributed by atoms with Crippen molar-refractivity contribution < 1.29 is 4.79 Å². The lowest BCUT2D eigenvalue weighted by molar-refractivity contribution is -0.115. The Morgan fingerprint density at radius 1 is 1.08 bits per heavy atom. The third-order valence-electron chi connectivity index (χ3n) is 3.83. The van der Waals surface area contributed by atoms with Gasteiger partial charge in [-0.15, -0.1) is 11.3 Å². The van der Waals surface area contributed by atoms with Crippen LogP contribution in [0.25, 0.3) is 11.0 Å². The number of aromatic nitrogens is 3. The number of amides is 1. The lowest BCUT2D eigenvalue weighted by Gasteiger charge is -2.03. The van der Waals surface area contributed by atoms with Crippen molar-refractivity contribution in [2.45, 2.75) is 13.0 Å². The van der Waals surface area contributed by atoms with E-state index in [0.29, 0.717) is 6.54 Å². The summed E-state index contributed by atoms with van der Waals surface area (Å²) in [6, 6.07) is 17.5. The van der Waals surface area contributed by atoms with Crippen LogP contribution < -0.4 is 5.32 Å². The van der Waals surface area contributed by atoms with Crippen LogP contribution >= 0.6 is 11.3 Å². The molecule has 25 heavy (non-hydrogen) atoms. The molecule has 4 rings (SSSR count). The van der Waals surface area contributed by atoms with Gasteiger partial charge in [-0.1, -0.05) is 30.3 Å². The number of hydrogen-bond donors (Lipinski definition) is 1. The first-order valence-corrected chi connectivity index (χ1v) is 8.84. The van der Waals surface area contributed by atoms with E-state index in [1.807, 2.05) is 66.3 Å². The van der Waals surface area contributed by atoms with E-state index >= 15 is 0 Å². The molecule has 6 heteroatoms. The number of nitrogens with zero attached hydrogens (tertiary/aromatic N) is 3. The summed E-state index contributed by atoms with van der Waals surface area (Å²) in [4.78, 5) is 21.1. The first-order chi connectivity index (χ1) is 12.3. The van der Waals surface area contributed by atoms with Gasteiger partial charge in [-0.05, 0) is 24.3 Å². The van der Waals surface area contributed by atoms with Crippen molar-refractivity contribution in [3.63, 3.8) is 0 Å². The van der Waals surface area contributed by atoms with Crippen molar-refractivity contribution in [3.05, 3.63) is 77.0 Å². The fourth-order valence-corrected chi connectivity index (χ4v) is 3.46. The third kappa shape index (κ3) is 3.59. The van der Waals surface area contributed by atoms with E-state index in [-0.39, 0.29) is 12.3 Å². The Labute approximate surface area is 149 Å². The molecule has 0 spiro atoms. The summed E-state index contributed by atoms with van der Waals surface area (Å²) in [6.07, 6.45) is 2.11. The lowest BCUT2D eigenvalue weighted by atomic mass is 10.3. The summed E-state index contributed by atoms with van der Waals surface area (Å²) in [7, 11) is 0. The van der Waals surface area contributed by atoms with E-state index in [1.54, 1.807) is 0 Å². The smallest absolute Gasteiger partial charge is 0.231 e. The second-order valence-electron chi connectivity index (χ2n) is 5.68. The summed E-state index contributed by atoms with van der Waals surface area (Å²) in [5, 5.41) is 5.69. The fourth-order valence-electron chi connectivity index (χ4n) is 2.68. The Balaban J connectivity index is 1.43. The predicted octanol–water partition coefficient (Wildman–Crippen LogP) is 3.72. The van der Waals surface area contributed by atoms with Crippen LogP contribution in [0.5, 0.6) is 0 Å². The summed E-state index contributed by atoms with van der Waals surface area (Å²) >= 11 is 1.51. The lowest BCUT2D eigenvalue weighted by Crippen LogP contribution is -2.14. The number of thiazole rings is 1. The molecule has 0 fully saturated rings. The Kier molecular flexibility index (Phi) is 4.26. The highest BCUT2D eigenvalue weighted by molar-refractivity contribution is 7.09. The molecule has 0 bridgehead atoms. The Morgan fingerprint density at radius 2 is 1.88 bits per heavy atom. The molecule has 1 N–H and O–H groups in total. The van der Waals surface area contributed by atoms with Crippen molar-refractivity contribution in [1.82, 2.24) is 14.5 Å². The van der Waals surface area contributed by atoms with Gasteiger partial charge in [0.15, 0.2) is 0 Å². The van der Waals surface area contributed by atoms with E-state index in [1.165, 1.54) is 11.3 Å². The van der Waals surface area contributed by atoms with Crippen LogP contribution in [0.1, 0.15) is 10.7 Å². The van der Waals surface area contributed by atoms with Gasteiger partial charge in [-0.3, -0.25) is 4.79 Å². The number of carbonyl (C=O) groups excluding carboxylic acids is 1. The van der Waals surface area contributed by atoms with Crippen LogP contribution in [0.3, 0.4) is 0 Å². The van der Waals surface area contributed by atoms with Gasteiger partial charge in [0, 0.05) is 11.1 Å². The molecule has 0 saturated carbocycles. The number of nitrogens with one attached hydrogen (secondary N) is 1. The summed E-state index contributed by atoms with van der Waals surface area (Å²) in [5.74, 6) is -0.0554. The topological polar surface area (TPSA) is 59.8 Å². The number of fused-ring (bicyclic) bond motifs is 1. The van der Waals surface area contributed by atoms with Crippen molar-refractivity contribution >= 4 is 34.0 Å². The van der Waals surface area contributed by atoms with Crippen molar-refractivity contribution in [3.8, 4) is 0 Å². The van der Waals surface area contributed by atoms with Crippen molar-refractivity contribution in [1.29, 1.82) is 0 Å². The van der Waals surface area contributed by atoms with E-state index < -0.39 is 0 Å². The van der Waals surface area contributed by atoms with Gasteiger partial charge >= 0.3 is 0 Å². The van der Waals surface area contributed by atoms with Gasteiger partial charge in [-0.2, -0.15) is 0 Å². The van der Waals surface area contributed by atoms with Crippen molar-refractivity contribution in [2.24, 2.45) is 0 Å². The highest BCUT2D eigenvalue weighted by atomic mass is 32.1. The van der Waals surface area contributed by atoms with Crippen LogP contribution in [0.15, 0.2) is 66.3 Å². The molecular weight excluding hydrogens is 332 g/mol. The maximum Gasteiger partial charge on any atom is 0.231 e. The quantitative estimate of drug-likeness (QED) is 0.598. The Hall–Kier alpha value is -2.99. The molecule has 0 aliphatic rings. The number of rotatable bonds is 5. The molecule has 0 saturated heterocycles. The molecule has 2 aromatic heterocycles. The van der Waals surface area contributed by atoms with Gasteiger partial charge in [-0.25, -0.2) is 9.97 Å². The zero-order valence-corrected chi connectivity index (χ0v) is 14.2. The number of anilines is 1. The van der Waals surface area contributed by atoms with E-state index in [4.69, 9.17) is 0 Å². The number of hydrogen-bond acceptors (Lipinski definition) is 4. The van der Waals surface area contributed by atoms with Gasteiger partial charge in [0.1, 0.15) is 5.01 Å².